The van der Waals surface area contributed by atoms with E-state index >= 15 is 0 Å². The third-order valence-corrected chi connectivity index (χ3v) is 2.08. The third-order valence-electron chi connectivity index (χ3n) is 2.08. The number of hydrogen-bond donors (Lipinski definition) is 1. The van der Waals surface area contributed by atoms with Crippen LogP contribution in [0.15, 0.2) is 24.3 Å². The van der Waals surface area contributed by atoms with Crippen molar-refractivity contribution < 1.29 is 19.1 Å². The predicted octanol–water partition coefficient (Wildman–Crippen LogP) is 2.68. The van der Waals surface area contributed by atoms with Gasteiger partial charge in [-0.1, -0.05) is 19.9 Å². The molecule has 1 rings (SSSR count). The predicted molar refractivity (Wildman–Crippen MR) is 67.6 cm³/mol. The second-order valence-corrected chi connectivity index (χ2v) is 4.19. The van der Waals surface area contributed by atoms with Crippen molar-refractivity contribution in [1.29, 1.82) is 0 Å². The highest BCUT2D eigenvalue weighted by Gasteiger charge is 2.08. The van der Waals surface area contributed by atoms with Crippen LogP contribution in [0.1, 0.15) is 24.2 Å². The van der Waals surface area contributed by atoms with E-state index in [-0.39, 0.29) is 5.92 Å². The van der Waals surface area contributed by atoms with Crippen molar-refractivity contribution >= 4 is 17.7 Å². The lowest BCUT2D eigenvalue weighted by Crippen LogP contribution is -2.16. The number of ether oxygens (including phenoxy) is 2. The maximum atomic E-state index is 11.4. The van der Waals surface area contributed by atoms with Crippen molar-refractivity contribution in [3.05, 3.63) is 29.8 Å². The first-order chi connectivity index (χ1) is 8.52. The largest absolute Gasteiger partial charge is 0.465 e. The van der Waals surface area contributed by atoms with Gasteiger partial charge in [0, 0.05) is 5.69 Å². The zero-order valence-electron chi connectivity index (χ0n) is 10.7. The average molecular weight is 251 g/mol. The van der Waals surface area contributed by atoms with Crippen LogP contribution in [-0.4, -0.2) is 25.8 Å². The summed E-state index contributed by atoms with van der Waals surface area (Å²) < 4.78 is 9.56. The SMILES string of the molecule is COC(=O)c1cccc(NC(=O)OCC(C)C)c1. The highest BCUT2D eigenvalue weighted by Crippen LogP contribution is 2.12. The van der Waals surface area contributed by atoms with Crippen molar-refractivity contribution in [2.75, 3.05) is 19.0 Å². The lowest BCUT2D eigenvalue weighted by Gasteiger charge is -2.09. The molecule has 0 spiro atoms. The molecule has 0 bridgehead atoms. The molecule has 1 N–H and O–H groups in total. The number of methoxy groups -OCH3 is 1. The van der Waals surface area contributed by atoms with Gasteiger partial charge in [-0.15, -0.1) is 0 Å². The number of hydrogen-bond acceptors (Lipinski definition) is 4. The van der Waals surface area contributed by atoms with E-state index in [4.69, 9.17) is 4.74 Å². The first-order valence-electron chi connectivity index (χ1n) is 5.65. The van der Waals surface area contributed by atoms with Gasteiger partial charge in [0.1, 0.15) is 0 Å². The van der Waals surface area contributed by atoms with Crippen molar-refractivity contribution in [2.45, 2.75) is 13.8 Å². The summed E-state index contributed by atoms with van der Waals surface area (Å²) in [5.41, 5.74) is 0.866. The maximum absolute atomic E-state index is 11.4. The van der Waals surface area contributed by atoms with E-state index in [9.17, 15) is 9.59 Å². The number of carbonyl (C=O) groups is 2. The monoisotopic (exact) mass is 251 g/mol. The smallest absolute Gasteiger partial charge is 0.411 e. The molecule has 1 aromatic carbocycles. The summed E-state index contributed by atoms with van der Waals surface area (Å²) in [4.78, 5) is 22.7. The number of esters is 1. The van der Waals surface area contributed by atoms with Crippen LogP contribution in [0.4, 0.5) is 10.5 Å². The van der Waals surface area contributed by atoms with Gasteiger partial charge in [-0.05, 0) is 24.1 Å². The molecule has 5 heteroatoms. The van der Waals surface area contributed by atoms with Gasteiger partial charge in [0.25, 0.3) is 0 Å². The highest BCUT2D eigenvalue weighted by molar-refractivity contribution is 5.92. The fraction of sp³-hybridized carbons (Fsp3) is 0.385. The molecule has 0 aliphatic heterocycles. The Morgan fingerprint density at radius 2 is 2.06 bits per heavy atom. The maximum Gasteiger partial charge on any atom is 0.411 e. The van der Waals surface area contributed by atoms with Gasteiger partial charge in [0.05, 0.1) is 19.3 Å². The summed E-state index contributed by atoms with van der Waals surface area (Å²) in [6.45, 7) is 4.25. The fourth-order valence-electron chi connectivity index (χ4n) is 1.24. The molecule has 0 aromatic heterocycles. The summed E-state index contributed by atoms with van der Waals surface area (Å²) in [6, 6.07) is 6.46. The molecule has 1 aromatic rings. The van der Waals surface area contributed by atoms with Gasteiger partial charge in [-0.2, -0.15) is 0 Å². The minimum atomic E-state index is -0.536. The number of benzene rings is 1. The standard InChI is InChI=1S/C13H17NO4/c1-9(2)8-18-13(16)14-11-6-4-5-10(7-11)12(15)17-3/h4-7,9H,8H2,1-3H3,(H,14,16). The van der Waals surface area contributed by atoms with E-state index in [2.05, 4.69) is 10.1 Å². The Morgan fingerprint density at radius 1 is 1.33 bits per heavy atom. The molecule has 18 heavy (non-hydrogen) atoms. The molecule has 0 aliphatic carbocycles. The van der Waals surface area contributed by atoms with Crippen LogP contribution in [0.2, 0.25) is 0 Å². The Labute approximate surface area is 106 Å². The van der Waals surface area contributed by atoms with Crippen LogP contribution in [0.3, 0.4) is 0 Å². The molecule has 0 radical (unpaired) electrons. The minimum Gasteiger partial charge on any atom is -0.465 e. The Morgan fingerprint density at radius 3 is 2.67 bits per heavy atom. The molecule has 5 nitrogen and oxygen atoms in total. The highest BCUT2D eigenvalue weighted by atomic mass is 16.5. The van der Waals surface area contributed by atoms with Gasteiger partial charge in [0.15, 0.2) is 0 Å². The van der Waals surface area contributed by atoms with E-state index in [1.54, 1.807) is 18.2 Å². The zero-order chi connectivity index (χ0) is 13.5. The van der Waals surface area contributed by atoms with E-state index in [0.29, 0.717) is 17.9 Å². The molecule has 1 amide bonds. The molecule has 0 saturated heterocycles. The third kappa shape index (κ3) is 4.45. The summed E-state index contributed by atoms with van der Waals surface area (Å²) in [7, 11) is 1.30. The first-order valence-corrected chi connectivity index (χ1v) is 5.65. The van der Waals surface area contributed by atoms with Crippen LogP contribution in [-0.2, 0) is 9.47 Å². The summed E-state index contributed by atoms with van der Waals surface area (Å²) in [5.74, 6) is -0.175. The number of anilines is 1. The Bertz CT molecular complexity index is 429. The molecule has 0 heterocycles. The van der Waals surface area contributed by atoms with E-state index in [1.807, 2.05) is 13.8 Å². The van der Waals surface area contributed by atoms with E-state index < -0.39 is 12.1 Å². The van der Waals surface area contributed by atoms with Crippen molar-refractivity contribution in [3.8, 4) is 0 Å². The van der Waals surface area contributed by atoms with Crippen LogP contribution in [0.25, 0.3) is 0 Å². The Kier molecular flexibility index (Phi) is 5.17. The zero-order valence-corrected chi connectivity index (χ0v) is 10.7. The Hall–Kier alpha value is -2.04. The van der Waals surface area contributed by atoms with Gasteiger partial charge < -0.3 is 9.47 Å². The normalized spacial score (nSPS) is 10.0. The Balaban J connectivity index is 2.62. The van der Waals surface area contributed by atoms with Crippen LogP contribution < -0.4 is 5.32 Å². The van der Waals surface area contributed by atoms with Crippen LogP contribution in [0, 0.1) is 5.92 Å². The van der Waals surface area contributed by atoms with Gasteiger partial charge in [0.2, 0.25) is 0 Å². The van der Waals surface area contributed by atoms with E-state index in [0.717, 1.165) is 0 Å². The van der Waals surface area contributed by atoms with Gasteiger partial charge >= 0.3 is 12.1 Å². The molecule has 0 unspecified atom stereocenters. The fourth-order valence-corrected chi connectivity index (χ4v) is 1.24. The number of carbonyl (C=O) groups excluding carboxylic acids is 2. The van der Waals surface area contributed by atoms with Crippen LogP contribution in [0.5, 0.6) is 0 Å². The molecular weight excluding hydrogens is 234 g/mol. The topological polar surface area (TPSA) is 64.6 Å². The van der Waals surface area contributed by atoms with Crippen LogP contribution >= 0.6 is 0 Å². The van der Waals surface area contributed by atoms with Crippen molar-refractivity contribution in [3.63, 3.8) is 0 Å². The number of amides is 1. The summed E-state index contributed by atoms with van der Waals surface area (Å²) in [5, 5.41) is 2.55. The molecule has 0 aliphatic rings. The molecule has 0 atom stereocenters. The van der Waals surface area contributed by atoms with E-state index in [1.165, 1.54) is 13.2 Å². The molecular formula is C13H17NO4. The first kappa shape index (κ1) is 14.0. The summed E-state index contributed by atoms with van der Waals surface area (Å²) in [6.07, 6.45) is -0.536. The minimum absolute atomic E-state index is 0.275. The summed E-state index contributed by atoms with van der Waals surface area (Å²) >= 11 is 0. The quantitative estimate of drug-likeness (QED) is 0.835. The lowest BCUT2D eigenvalue weighted by atomic mass is 10.2. The lowest BCUT2D eigenvalue weighted by molar-refractivity contribution is 0.0600. The van der Waals surface area contributed by atoms with Gasteiger partial charge in [-0.25, -0.2) is 9.59 Å². The second kappa shape index (κ2) is 6.64. The molecule has 98 valence electrons. The molecule has 0 saturated carbocycles. The molecule has 0 fully saturated rings. The van der Waals surface area contributed by atoms with Gasteiger partial charge in [-0.3, -0.25) is 5.32 Å². The number of rotatable bonds is 4. The van der Waals surface area contributed by atoms with Crippen molar-refractivity contribution in [1.82, 2.24) is 0 Å². The number of nitrogens with one attached hydrogen (secondary N) is 1. The second-order valence-electron chi connectivity index (χ2n) is 4.19. The average Bonchev–Trinajstić information content (AvgIpc) is 2.35. The van der Waals surface area contributed by atoms with Crippen molar-refractivity contribution in [2.24, 2.45) is 5.92 Å².